The van der Waals surface area contributed by atoms with Crippen molar-refractivity contribution in [2.24, 2.45) is 11.3 Å². The molecular formula is C20H32O5. The number of rotatable bonds is 8. The van der Waals surface area contributed by atoms with Gasteiger partial charge in [0, 0.05) is 12.5 Å². The topological polar surface area (TPSA) is 61.8 Å². The minimum atomic E-state index is -1.32. The minimum Gasteiger partial charge on any atom is -0.468 e. The van der Waals surface area contributed by atoms with Gasteiger partial charge < -0.3 is 14.2 Å². The molecule has 1 aliphatic rings. The van der Waals surface area contributed by atoms with Crippen LogP contribution in [0.25, 0.3) is 0 Å². The van der Waals surface area contributed by atoms with Crippen LogP contribution in [0.2, 0.25) is 0 Å². The van der Waals surface area contributed by atoms with Gasteiger partial charge in [0.2, 0.25) is 0 Å². The highest BCUT2D eigenvalue weighted by atomic mass is 16.5. The van der Waals surface area contributed by atoms with Crippen LogP contribution in [0, 0.1) is 11.3 Å². The van der Waals surface area contributed by atoms with Crippen molar-refractivity contribution < 1.29 is 23.8 Å². The molecular weight excluding hydrogens is 320 g/mol. The Morgan fingerprint density at radius 3 is 2.28 bits per heavy atom. The normalized spacial score (nSPS) is 21.4. The second-order valence-corrected chi connectivity index (χ2v) is 7.22. The number of allylic oxidation sites excluding steroid dienone is 2. The highest BCUT2D eigenvalue weighted by Crippen LogP contribution is 2.52. The van der Waals surface area contributed by atoms with Gasteiger partial charge in [-0.25, -0.2) is 0 Å². The van der Waals surface area contributed by atoms with E-state index < -0.39 is 23.0 Å². The predicted octanol–water partition coefficient (Wildman–Crippen LogP) is 3.83. The van der Waals surface area contributed by atoms with E-state index in [9.17, 15) is 9.59 Å². The third kappa shape index (κ3) is 4.51. The van der Waals surface area contributed by atoms with E-state index in [0.717, 1.165) is 18.4 Å². The third-order valence-corrected chi connectivity index (χ3v) is 5.13. The van der Waals surface area contributed by atoms with Gasteiger partial charge in [-0.3, -0.25) is 9.59 Å². The molecule has 25 heavy (non-hydrogen) atoms. The number of hydrogen-bond acceptors (Lipinski definition) is 5. The molecule has 0 amide bonds. The minimum absolute atomic E-state index is 0.115. The van der Waals surface area contributed by atoms with Crippen molar-refractivity contribution in [1.29, 1.82) is 0 Å². The molecule has 0 aromatic rings. The molecule has 1 aliphatic carbocycles. The van der Waals surface area contributed by atoms with Crippen LogP contribution >= 0.6 is 0 Å². The van der Waals surface area contributed by atoms with Crippen molar-refractivity contribution in [3.05, 3.63) is 23.8 Å². The third-order valence-electron chi connectivity index (χ3n) is 5.13. The monoisotopic (exact) mass is 352 g/mol. The van der Waals surface area contributed by atoms with Crippen LogP contribution in [0.1, 0.15) is 53.4 Å². The smallest absolute Gasteiger partial charge is 0.323 e. The Morgan fingerprint density at radius 2 is 1.84 bits per heavy atom. The first-order valence-corrected chi connectivity index (χ1v) is 8.78. The number of carbonyl (C=O) groups excluding carboxylic acids is 2. The Bertz CT molecular complexity index is 528. The quantitative estimate of drug-likeness (QED) is 0.377. The first-order chi connectivity index (χ1) is 11.7. The molecule has 1 fully saturated rings. The highest BCUT2D eigenvalue weighted by molar-refractivity contribution is 6.01. The summed E-state index contributed by atoms with van der Waals surface area (Å²) in [4.78, 5) is 24.8. The molecule has 5 nitrogen and oxygen atoms in total. The van der Waals surface area contributed by atoms with Gasteiger partial charge in [-0.1, -0.05) is 23.8 Å². The SMILES string of the molecule is C=C1CC(C(=O)OC)(C(=O)OC)C[C@@H]1[C@](C)(CCC=C(C)C)OCC. The highest BCUT2D eigenvalue weighted by Gasteiger charge is 2.58. The lowest BCUT2D eigenvalue weighted by molar-refractivity contribution is -0.169. The van der Waals surface area contributed by atoms with Crippen molar-refractivity contribution in [2.45, 2.75) is 59.0 Å². The molecule has 1 saturated carbocycles. The van der Waals surface area contributed by atoms with E-state index >= 15 is 0 Å². The summed E-state index contributed by atoms with van der Waals surface area (Å²) >= 11 is 0. The van der Waals surface area contributed by atoms with Crippen LogP contribution in [0.15, 0.2) is 23.8 Å². The van der Waals surface area contributed by atoms with Crippen molar-refractivity contribution in [2.75, 3.05) is 20.8 Å². The van der Waals surface area contributed by atoms with Gasteiger partial charge in [0.1, 0.15) is 0 Å². The summed E-state index contributed by atoms with van der Waals surface area (Å²) in [6.45, 7) is 12.8. The van der Waals surface area contributed by atoms with Gasteiger partial charge in [-0.15, -0.1) is 0 Å². The molecule has 0 bridgehead atoms. The average Bonchev–Trinajstić information content (AvgIpc) is 2.92. The molecule has 1 rings (SSSR count). The van der Waals surface area contributed by atoms with Crippen molar-refractivity contribution in [3.63, 3.8) is 0 Å². The molecule has 0 saturated heterocycles. The number of carbonyl (C=O) groups is 2. The largest absolute Gasteiger partial charge is 0.468 e. The summed E-state index contributed by atoms with van der Waals surface area (Å²) in [6, 6.07) is 0. The summed E-state index contributed by atoms with van der Waals surface area (Å²) < 4.78 is 15.9. The molecule has 0 aliphatic heterocycles. The molecule has 0 aromatic carbocycles. The molecule has 0 aromatic heterocycles. The van der Waals surface area contributed by atoms with Gasteiger partial charge in [0.05, 0.1) is 19.8 Å². The van der Waals surface area contributed by atoms with Gasteiger partial charge in [-0.05, 0) is 53.4 Å². The fourth-order valence-electron chi connectivity index (χ4n) is 3.83. The number of ether oxygens (including phenoxy) is 3. The Labute approximate surface area is 151 Å². The fraction of sp³-hybridized carbons (Fsp3) is 0.700. The molecule has 0 radical (unpaired) electrons. The molecule has 0 heterocycles. The Balaban J connectivity index is 3.16. The Kier molecular flexibility index (Phi) is 7.42. The van der Waals surface area contributed by atoms with Crippen LogP contribution in [-0.4, -0.2) is 38.4 Å². The van der Waals surface area contributed by atoms with E-state index in [1.165, 1.54) is 19.8 Å². The first-order valence-electron chi connectivity index (χ1n) is 8.78. The van der Waals surface area contributed by atoms with Crippen molar-refractivity contribution in [1.82, 2.24) is 0 Å². The summed E-state index contributed by atoms with van der Waals surface area (Å²) in [5.41, 5.74) is 0.272. The van der Waals surface area contributed by atoms with Crippen LogP contribution in [0.3, 0.4) is 0 Å². The molecule has 142 valence electrons. The van der Waals surface area contributed by atoms with E-state index in [1.807, 2.05) is 13.8 Å². The molecule has 0 spiro atoms. The van der Waals surface area contributed by atoms with E-state index in [0.29, 0.717) is 13.0 Å². The maximum atomic E-state index is 12.4. The molecule has 0 N–H and O–H groups in total. The van der Waals surface area contributed by atoms with Gasteiger partial charge >= 0.3 is 11.9 Å². The lowest BCUT2D eigenvalue weighted by Crippen LogP contribution is -2.42. The number of methoxy groups -OCH3 is 2. The van der Waals surface area contributed by atoms with Crippen molar-refractivity contribution >= 4 is 11.9 Å². The van der Waals surface area contributed by atoms with Gasteiger partial charge in [0.15, 0.2) is 5.41 Å². The maximum absolute atomic E-state index is 12.4. The number of esters is 2. The molecule has 0 unspecified atom stereocenters. The van der Waals surface area contributed by atoms with E-state index in [-0.39, 0.29) is 12.3 Å². The Hall–Kier alpha value is -1.62. The summed E-state index contributed by atoms with van der Waals surface area (Å²) in [5.74, 6) is -1.24. The number of hydrogen-bond donors (Lipinski definition) is 0. The maximum Gasteiger partial charge on any atom is 0.323 e. The lowest BCUT2D eigenvalue weighted by atomic mass is 9.78. The second kappa shape index (κ2) is 8.65. The molecule has 5 heteroatoms. The lowest BCUT2D eigenvalue weighted by Gasteiger charge is -2.36. The zero-order valence-corrected chi connectivity index (χ0v) is 16.4. The van der Waals surface area contributed by atoms with E-state index in [4.69, 9.17) is 14.2 Å². The zero-order valence-electron chi connectivity index (χ0n) is 16.4. The van der Waals surface area contributed by atoms with Crippen LogP contribution in [-0.2, 0) is 23.8 Å². The second-order valence-electron chi connectivity index (χ2n) is 7.22. The van der Waals surface area contributed by atoms with Crippen LogP contribution in [0.4, 0.5) is 0 Å². The summed E-state index contributed by atoms with van der Waals surface area (Å²) in [7, 11) is 2.58. The standard InChI is InChI=1S/C20H32O5/c1-8-25-19(5,11-9-10-14(2)3)16-13-20(12-15(16)4,17(21)23-6)18(22)24-7/h10,16H,4,8-9,11-13H2,1-3,5-7H3/t16-,19-/m0/s1. The average molecular weight is 352 g/mol. The van der Waals surface area contributed by atoms with E-state index in [1.54, 1.807) is 0 Å². The van der Waals surface area contributed by atoms with Crippen molar-refractivity contribution in [3.8, 4) is 0 Å². The summed E-state index contributed by atoms with van der Waals surface area (Å²) in [5, 5.41) is 0. The van der Waals surface area contributed by atoms with Gasteiger partial charge in [-0.2, -0.15) is 0 Å². The van der Waals surface area contributed by atoms with E-state index in [2.05, 4.69) is 26.5 Å². The summed E-state index contributed by atoms with van der Waals surface area (Å²) in [6.07, 6.45) is 4.36. The van der Waals surface area contributed by atoms with Gasteiger partial charge in [0.25, 0.3) is 0 Å². The van der Waals surface area contributed by atoms with Crippen LogP contribution < -0.4 is 0 Å². The Morgan fingerprint density at radius 1 is 1.28 bits per heavy atom. The zero-order chi connectivity index (χ0) is 19.3. The molecule has 2 atom stereocenters. The van der Waals surface area contributed by atoms with Crippen LogP contribution in [0.5, 0.6) is 0 Å². The predicted molar refractivity (Wildman–Crippen MR) is 97.0 cm³/mol. The first kappa shape index (κ1) is 21.4. The fourth-order valence-corrected chi connectivity index (χ4v) is 3.83.